The Bertz CT molecular complexity index is 957. The van der Waals surface area contributed by atoms with Crippen molar-refractivity contribution in [3.63, 3.8) is 0 Å². The van der Waals surface area contributed by atoms with E-state index < -0.39 is 4.92 Å². The molecule has 28 heavy (non-hydrogen) atoms. The van der Waals surface area contributed by atoms with Crippen LogP contribution in [-0.2, 0) is 13.2 Å². The van der Waals surface area contributed by atoms with Crippen molar-refractivity contribution < 1.29 is 9.66 Å². The number of non-ortho nitro benzene ring substituents is 1. The Morgan fingerprint density at radius 2 is 1.57 bits per heavy atom. The van der Waals surface area contributed by atoms with Gasteiger partial charge in [0, 0.05) is 28.8 Å². The fourth-order valence-electron chi connectivity index (χ4n) is 2.49. The summed E-state index contributed by atoms with van der Waals surface area (Å²) in [6, 6.07) is 17.5. The van der Waals surface area contributed by atoms with Gasteiger partial charge >= 0.3 is 0 Å². The van der Waals surface area contributed by atoms with Crippen molar-refractivity contribution in [2.75, 3.05) is 5.32 Å². The van der Waals surface area contributed by atoms with Crippen LogP contribution in [0.3, 0.4) is 0 Å². The van der Waals surface area contributed by atoms with Gasteiger partial charge in [0.05, 0.1) is 15.0 Å². The van der Waals surface area contributed by atoms with E-state index in [9.17, 15) is 10.1 Å². The average molecular weight is 482 g/mol. The number of nitrogens with zero attached hydrogens (tertiary/aromatic N) is 1. The quantitative estimate of drug-likeness (QED) is 0.296. The van der Waals surface area contributed by atoms with E-state index in [1.54, 1.807) is 24.3 Å². The number of nitro groups is 1. The summed E-state index contributed by atoms with van der Waals surface area (Å²) in [6.07, 6.45) is 0. The van der Waals surface area contributed by atoms with Crippen LogP contribution in [0.2, 0.25) is 10.0 Å². The molecule has 3 aromatic carbocycles. The van der Waals surface area contributed by atoms with Crippen LogP contribution < -0.4 is 10.1 Å². The third-order valence-corrected chi connectivity index (χ3v) is 5.02. The highest BCUT2D eigenvalue weighted by Gasteiger charge is 2.11. The zero-order chi connectivity index (χ0) is 20.1. The summed E-state index contributed by atoms with van der Waals surface area (Å²) in [6.45, 7) is 0.817. The smallest absolute Gasteiger partial charge is 0.269 e. The second kappa shape index (κ2) is 9.28. The number of rotatable bonds is 7. The average Bonchev–Trinajstić information content (AvgIpc) is 2.67. The molecule has 0 saturated heterocycles. The predicted octanol–water partition coefficient (Wildman–Crippen LogP) is 6.86. The van der Waals surface area contributed by atoms with Crippen LogP contribution in [-0.4, -0.2) is 4.92 Å². The number of nitro benzene ring substituents is 1. The number of hydrogen-bond donors (Lipinski definition) is 1. The lowest BCUT2D eigenvalue weighted by Gasteiger charge is -2.13. The van der Waals surface area contributed by atoms with Crippen molar-refractivity contribution in [3.8, 4) is 5.75 Å². The molecule has 0 heterocycles. The Balaban J connectivity index is 1.64. The molecule has 0 saturated carbocycles. The molecule has 0 fully saturated rings. The van der Waals surface area contributed by atoms with Crippen LogP contribution in [0.1, 0.15) is 11.1 Å². The summed E-state index contributed by atoms with van der Waals surface area (Å²) in [7, 11) is 0. The molecule has 0 bridgehead atoms. The fourth-order valence-corrected chi connectivity index (χ4v) is 3.40. The Hall–Kier alpha value is -2.28. The fraction of sp³-hybridized carbons (Fsp3) is 0.100. The molecule has 0 aliphatic carbocycles. The van der Waals surface area contributed by atoms with Gasteiger partial charge < -0.3 is 10.1 Å². The van der Waals surface area contributed by atoms with E-state index in [2.05, 4.69) is 21.2 Å². The van der Waals surface area contributed by atoms with Crippen molar-refractivity contribution in [1.82, 2.24) is 0 Å². The molecule has 0 amide bonds. The minimum Gasteiger partial charge on any atom is -0.486 e. The van der Waals surface area contributed by atoms with Gasteiger partial charge in [0.2, 0.25) is 0 Å². The first kappa shape index (κ1) is 20.5. The SMILES string of the molecule is O=[N+]([O-])c1ccc(NCc2cc(Cl)c(OCc3ccc(Br)cc3)c(Cl)c2)cc1. The molecule has 0 aliphatic rings. The maximum Gasteiger partial charge on any atom is 0.269 e. The summed E-state index contributed by atoms with van der Waals surface area (Å²) >= 11 is 16.1. The standard InChI is InChI=1S/C20H15BrCl2N2O3/c21-15-3-1-13(2-4-15)12-28-20-18(22)9-14(10-19(20)23)11-24-16-5-7-17(8-6-16)25(26)27/h1-10,24H,11-12H2. The summed E-state index contributed by atoms with van der Waals surface area (Å²) in [5.41, 5.74) is 2.67. The third-order valence-electron chi connectivity index (χ3n) is 3.93. The van der Waals surface area contributed by atoms with E-state index >= 15 is 0 Å². The largest absolute Gasteiger partial charge is 0.486 e. The van der Waals surface area contributed by atoms with Crippen molar-refractivity contribution in [3.05, 3.63) is 96.4 Å². The highest BCUT2D eigenvalue weighted by molar-refractivity contribution is 9.10. The maximum absolute atomic E-state index is 10.7. The molecule has 0 radical (unpaired) electrons. The van der Waals surface area contributed by atoms with Crippen LogP contribution in [0, 0.1) is 10.1 Å². The minimum absolute atomic E-state index is 0.0453. The lowest BCUT2D eigenvalue weighted by molar-refractivity contribution is -0.384. The number of hydrogen-bond acceptors (Lipinski definition) is 4. The van der Waals surface area contributed by atoms with Crippen LogP contribution in [0.15, 0.2) is 65.1 Å². The third kappa shape index (κ3) is 5.38. The Labute approximate surface area is 180 Å². The summed E-state index contributed by atoms with van der Waals surface area (Å²) < 4.78 is 6.78. The number of anilines is 1. The molecule has 144 valence electrons. The molecular weight excluding hydrogens is 467 g/mol. The number of ether oxygens (including phenoxy) is 1. The number of nitrogens with one attached hydrogen (secondary N) is 1. The monoisotopic (exact) mass is 480 g/mol. The van der Waals surface area contributed by atoms with E-state index in [1.807, 2.05) is 24.3 Å². The molecule has 3 rings (SSSR count). The molecule has 0 unspecified atom stereocenters. The second-order valence-corrected chi connectivity index (χ2v) is 7.69. The first-order valence-electron chi connectivity index (χ1n) is 8.26. The molecule has 0 atom stereocenters. The van der Waals surface area contributed by atoms with Gasteiger partial charge in [-0.2, -0.15) is 0 Å². The van der Waals surface area contributed by atoms with Crippen LogP contribution >= 0.6 is 39.1 Å². The summed E-state index contributed by atoms with van der Waals surface area (Å²) in [4.78, 5) is 10.3. The van der Waals surface area contributed by atoms with Gasteiger partial charge in [-0.05, 0) is 47.5 Å². The Kier molecular flexibility index (Phi) is 6.78. The Morgan fingerprint density at radius 1 is 0.964 bits per heavy atom. The van der Waals surface area contributed by atoms with Gasteiger partial charge in [-0.25, -0.2) is 0 Å². The lowest BCUT2D eigenvalue weighted by atomic mass is 10.2. The minimum atomic E-state index is -0.434. The molecule has 8 heteroatoms. The molecular formula is C20H15BrCl2N2O3. The topological polar surface area (TPSA) is 64.4 Å². The number of halogens is 3. The van der Waals surface area contributed by atoms with E-state index in [1.165, 1.54) is 12.1 Å². The number of benzene rings is 3. The summed E-state index contributed by atoms with van der Waals surface area (Å²) in [5, 5.41) is 14.7. The van der Waals surface area contributed by atoms with Gasteiger partial charge in [-0.15, -0.1) is 0 Å². The maximum atomic E-state index is 10.7. The van der Waals surface area contributed by atoms with Gasteiger partial charge in [0.15, 0.2) is 5.75 Å². The molecule has 0 aliphatic heterocycles. The lowest BCUT2D eigenvalue weighted by Crippen LogP contribution is -2.01. The first-order valence-corrected chi connectivity index (χ1v) is 9.81. The van der Waals surface area contributed by atoms with E-state index in [4.69, 9.17) is 27.9 Å². The zero-order valence-corrected chi connectivity index (χ0v) is 17.6. The molecule has 3 aromatic rings. The molecule has 0 spiro atoms. The van der Waals surface area contributed by atoms with Crippen molar-refractivity contribution >= 4 is 50.5 Å². The normalized spacial score (nSPS) is 10.5. The van der Waals surface area contributed by atoms with E-state index in [0.29, 0.717) is 28.9 Å². The van der Waals surface area contributed by atoms with Crippen LogP contribution in [0.25, 0.3) is 0 Å². The predicted molar refractivity (Wildman–Crippen MR) is 115 cm³/mol. The highest BCUT2D eigenvalue weighted by atomic mass is 79.9. The van der Waals surface area contributed by atoms with Crippen molar-refractivity contribution in [1.29, 1.82) is 0 Å². The molecule has 5 nitrogen and oxygen atoms in total. The van der Waals surface area contributed by atoms with Crippen LogP contribution in [0.5, 0.6) is 5.75 Å². The molecule has 0 aromatic heterocycles. The van der Waals surface area contributed by atoms with E-state index in [-0.39, 0.29) is 5.69 Å². The Morgan fingerprint density at radius 3 is 2.14 bits per heavy atom. The van der Waals surface area contributed by atoms with Gasteiger partial charge in [-0.3, -0.25) is 10.1 Å². The molecule has 1 N–H and O–H groups in total. The highest BCUT2D eigenvalue weighted by Crippen LogP contribution is 2.35. The van der Waals surface area contributed by atoms with Crippen LogP contribution in [0.4, 0.5) is 11.4 Å². The zero-order valence-electron chi connectivity index (χ0n) is 14.5. The van der Waals surface area contributed by atoms with Crippen molar-refractivity contribution in [2.45, 2.75) is 13.2 Å². The van der Waals surface area contributed by atoms with Gasteiger partial charge in [0.1, 0.15) is 6.61 Å². The summed E-state index contributed by atoms with van der Waals surface area (Å²) in [5.74, 6) is 0.435. The van der Waals surface area contributed by atoms with Crippen molar-refractivity contribution in [2.24, 2.45) is 0 Å². The first-order chi connectivity index (χ1) is 13.4. The van der Waals surface area contributed by atoms with Gasteiger partial charge in [0.25, 0.3) is 5.69 Å². The second-order valence-electron chi connectivity index (χ2n) is 5.96. The van der Waals surface area contributed by atoms with Gasteiger partial charge in [-0.1, -0.05) is 51.3 Å². The van der Waals surface area contributed by atoms with E-state index in [0.717, 1.165) is 21.3 Å².